The lowest BCUT2D eigenvalue weighted by molar-refractivity contribution is 0.0526. The summed E-state index contributed by atoms with van der Waals surface area (Å²) in [5, 5.41) is 0. The Bertz CT molecular complexity index is 641. The molecule has 0 amide bonds. The summed E-state index contributed by atoms with van der Waals surface area (Å²) in [6.07, 6.45) is 2.71. The topological polar surface area (TPSA) is 89.7 Å². The molecule has 1 aromatic carbocycles. The number of nitrogens with zero attached hydrogens (tertiary/aromatic N) is 1. The van der Waals surface area contributed by atoms with Crippen molar-refractivity contribution in [2.24, 2.45) is 11.7 Å². The molecule has 1 saturated heterocycles. The minimum atomic E-state index is -3.33. The number of rotatable bonds is 7. The Balaban J connectivity index is 0.00000312. The molecule has 25 heavy (non-hydrogen) atoms. The number of piperidine rings is 1. The molecule has 8 heteroatoms. The molecule has 0 radical (unpaired) electrons. The van der Waals surface area contributed by atoms with Crippen LogP contribution in [0.25, 0.3) is 0 Å². The Morgan fingerprint density at radius 1 is 1.24 bits per heavy atom. The zero-order valence-electron chi connectivity index (χ0n) is 14.5. The van der Waals surface area contributed by atoms with Gasteiger partial charge in [-0.3, -0.25) is 0 Å². The van der Waals surface area contributed by atoms with Crippen LogP contribution in [0.15, 0.2) is 24.3 Å². The largest absolute Gasteiger partial charge is 0.462 e. The second-order valence-corrected chi connectivity index (χ2v) is 8.06. The predicted molar refractivity (Wildman–Crippen MR) is 100 cm³/mol. The molecule has 0 bridgehead atoms. The number of hydrogen-bond donors (Lipinski definition) is 1. The van der Waals surface area contributed by atoms with Crippen molar-refractivity contribution in [2.75, 3.05) is 26.2 Å². The molecule has 0 aliphatic carbocycles. The Morgan fingerprint density at radius 3 is 2.36 bits per heavy atom. The van der Waals surface area contributed by atoms with Gasteiger partial charge in [-0.15, -0.1) is 12.4 Å². The van der Waals surface area contributed by atoms with Gasteiger partial charge in [0.15, 0.2) is 0 Å². The van der Waals surface area contributed by atoms with E-state index in [9.17, 15) is 13.2 Å². The molecule has 1 fully saturated rings. The van der Waals surface area contributed by atoms with Crippen LogP contribution in [0.2, 0.25) is 0 Å². The number of hydrogen-bond acceptors (Lipinski definition) is 5. The summed E-state index contributed by atoms with van der Waals surface area (Å²) in [7, 11) is -3.33. The van der Waals surface area contributed by atoms with Gasteiger partial charge in [0, 0.05) is 13.1 Å². The Labute approximate surface area is 156 Å². The molecule has 1 aliphatic rings. The summed E-state index contributed by atoms with van der Waals surface area (Å²) < 4.78 is 31.6. The molecule has 0 spiro atoms. The lowest BCUT2D eigenvalue weighted by atomic mass is 9.95. The van der Waals surface area contributed by atoms with E-state index in [2.05, 4.69) is 0 Å². The first-order valence-electron chi connectivity index (χ1n) is 8.40. The number of sulfonamides is 1. The molecule has 1 heterocycles. The van der Waals surface area contributed by atoms with Crippen LogP contribution in [0.3, 0.4) is 0 Å². The molecule has 1 aromatic rings. The first-order valence-corrected chi connectivity index (χ1v) is 10.0. The van der Waals surface area contributed by atoms with E-state index in [1.807, 2.05) is 0 Å². The summed E-state index contributed by atoms with van der Waals surface area (Å²) in [6, 6.07) is 6.56. The van der Waals surface area contributed by atoms with Gasteiger partial charge in [0.2, 0.25) is 10.0 Å². The van der Waals surface area contributed by atoms with Crippen LogP contribution in [0, 0.1) is 5.92 Å². The molecule has 6 nitrogen and oxygen atoms in total. The van der Waals surface area contributed by atoms with Gasteiger partial charge < -0.3 is 10.5 Å². The molecule has 142 valence electrons. The van der Waals surface area contributed by atoms with Crippen LogP contribution in [0.5, 0.6) is 0 Å². The highest BCUT2D eigenvalue weighted by atomic mass is 35.5. The number of nitrogens with two attached hydrogens (primary N) is 1. The molecule has 0 aromatic heterocycles. The Morgan fingerprint density at radius 2 is 1.84 bits per heavy atom. The molecule has 1 aliphatic heterocycles. The summed E-state index contributed by atoms with van der Waals surface area (Å²) in [6.45, 7) is 3.84. The third kappa shape index (κ3) is 6.26. The van der Waals surface area contributed by atoms with E-state index in [1.165, 1.54) is 0 Å². The minimum Gasteiger partial charge on any atom is -0.462 e. The van der Waals surface area contributed by atoms with E-state index in [0.29, 0.717) is 43.3 Å². The van der Waals surface area contributed by atoms with Gasteiger partial charge in [-0.05, 0) is 56.3 Å². The fourth-order valence-corrected chi connectivity index (χ4v) is 4.53. The third-order valence-corrected chi connectivity index (χ3v) is 6.21. The number of halogens is 1. The van der Waals surface area contributed by atoms with E-state index < -0.39 is 16.0 Å². The zero-order chi connectivity index (χ0) is 17.6. The van der Waals surface area contributed by atoms with Crippen LogP contribution in [-0.2, 0) is 20.5 Å². The highest BCUT2D eigenvalue weighted by molar-refractivity contribution is 7.88. The lowest BCUT2D eigenvalue weighted by Crippen LogP contribution is -2.39. The average molecular weight is 391 g/mol. The van der Waals surface area contributed by atoms with Crippen LogP contribution in [-0.4, -0.2) is 44.9 Å². The molecular weight excluding hydrogens is 364 g/mol. The third-order valence-electron chi connectivity index (χ3n) is 4.36. The summed E-state index contributed by atoms with van der Waals surface area (Å²) in [5.74, 6) is 0.0942. The van der Waals surface area contributed by atoms with E-state index in [1.54, 1.807) is 35.5 Å². The number of esters is 1. The van der Waals surface area contributed by atoms with Gasteiger partial charge >= 0.3 is 5.97 Å². The predicted octanol–water partition coefficient (Wildman–Crippen LogP) is 2.18. The van der Waals surface area contributed by atoms with E-state index in [4.69, 9.17) is 10.5 Å². The smallest absolute Gasteiger partial charge is 0.338 e. The molecule has 2 N–H and O–H groups in total. The second-order valence-electron chi connectivity index (χ2n) is 6.09. The molecule has 0 saturated carbocycles. The van der Waals surface area contributed by atoms with Crippen molar-refractivity contribution in [1.82, 2.24) is 4.31 Å². The van der Waals surface area contributed by atoms with Crippen molar-refractivity contribution >= 4 is 28.4 Å². The fourth-order valence-electron chi connectivity index (χ4n) is 2.97. The van der Waals surface area contributed by atoms with Crippen LogP contribution >= 0.6 is 12.4 Å². The van der Waals surface area contributed by atoms with E-state index >= 15 is 0 Å². The second kappa shape index (κ2) is 10.1. The van der Waals surface area contributed by atoms with E-state index in [0.717, 1.165) is 19.3 Å². The monoisotopic (exact) mass is 390 g/mol. The van der Waals surface area contributed by atoms with E-state index in [-0.39, 0.29) is 18.2 Å². The van der Waals surface area contributed by atoms with Crippen molar-refractivity contribution < 1.29 is 17.9 Å². The van der Waals surface area contributed by atoms with Crippen molar-refractivity contribution in [1.29, 1.82) is 0 Å². The van der Waals surface area contributed by atoms with Crippen LogP contribution in [0.1, 0.15) is 42.1 Å². The maximum atomic E-state index is 12.6. The van der Waals surface area contributed by atoms with Gasteiger partial charge in [-0.2, -0.15) is 0 Å². The number of carbonyl (C=O) groups excluding carboxylic acids is 1. The first kappa shape index (κ1) is 21.9. The van der Waals surface area contributed by atoms with Crippen LogP contribution < -0.4 is 5.73 Å². The first-order chi connectivity index (χ1) is 11.5. The standard InChI is InChI=1S/C17H26N2O4S.ClH/c1-2-23-17(20)16-5-3-15(4-6-16)13-24(21,22)19-11-8-14(7-10-18)9-12-19;/h3-6,14H,2,7-13,18H2,1H3;1H. The average Bonchev–Trinajstić information content (AvgIpc) is 2.56. The number of benzene rings is 1. The zero-order valence-corrected chi connectivity index (χ0v) is 16.2. The normalized spacial score (nSPS) is 16.2. The highest BCUT2D eigenvalue weighted by Crippen LogP contribution is 2.23. The molecule has 2 rings (SSSR count). The van der Waals surface area contributed by atoms with Gasteiger partial charge in [-0.1, -0.05) is 12.1 Å². The SMILES string of the molecule is CCOC(=O)c1ccc(CS(=O)(=O)N2CCC(CCN)CC2)cc1.Cl. The van der Waals surface area contributed by atoms with Crippen molar-refractivity contribution in [3.63, 3.8) is 0 Å². The number of carbonyl (C=O) groups is 1. The van der Waals surface area contributed by atoms with Crippen molar-refractivity contribution in [2.45, 2.75) is 31.9 Å². The van der Waals surface area contributed by atoms with Gasteiger partial charge in [0.05, 0.1) is 17.9 Å². The lowest BCUT2D eigenvalue weighted by Gasteiger charge is -2.31. The quantitative estimate of drug-likeness (QED) is 0.720. The molecule has 0 unspecified atom stereocenters. The Hall–Kier alpha value is -1.15. The molecule has 0 atom stereocenters. The maximum absolute atomic E-state index is 12.6. The summed E-state index contributed by atoms with van der Waals surface area (Å²) in [4.78, 5) is 11.6. The Kier molecular flexibility index (Phi) is 8.85. The summed E-state index contributed by atoms with van der Waals surface area (Å²) in [5.41, 5.74) is 6.67. The fraction of sp³-hybridized carbons (Fsp3) is 0.588. The van der Waals surface area contributed by atoms with Gasteiger partial charge in [0.1, 0.15) is 0 Å². The molecular formula is C17H27ClN2O4S. The van der Waals surface area contributed by atoms with Gasteiger partial charge in [-0.25, -0.2) is 17.5 Å². The van der Waals surface area contributed by atoms with Crippen molar-refractivity contribution in [3.05, 3.63) is 35.4 Å². The number of ether oxygens (including phenoxy) is 1. The maximum Gasteiger partial charge on any atom is 0.338 e. The van der Waals surface area contributed by atoms with Crippen molar-refractivity contribution in [3.8, 4) is 0 Å². The van der Waals surface area contributed by atoms with Crippen LogP contribution in [0.4, 0.5) is 0 Å². The minimum absolute atomic E-state index is 0. The summed E-state index contributed by atoms with van der Waals surface area (Å²) >= 11 is 0. The highest BCUT2D eigenvalue weighted by Gasteiger charge is 2.27. The van der Waals surface area contributed by atoms with Gasteiger partial charge in [0.25, 0.3) is 0 Å².